The van der Waals surface area contributed by atoms with Gasteiger partial charge in [0.05, 0.1) is 0 Å². The average Bonchev–Trinajstić information content (AvgIpc) is 2.97. The second-order valence-electron chi connectivity index (χ2n) is 6.63. The third-order valence-corrected chi connectivity index (χ3v) is 6.70. The van der Waals surface area contributed by atoms with Crippen molar-refractivity contribution >= 4 is 18.5 Å². The smallest absolute Gasteiger partial charge is 0.128 e. The topological polar surface area (TPSA) is 15.6 Å². The highest BCUT2D eigenvalue weighted by Gasteiger charge is 2.42. The van der Waals surface area contributed by atoms with E-state index in [2.05, 4.69) is 80.2 Å². The van der Waals surface area contributed by atoms with Crippen LogP contribution in [0.2, 0.25) is 0 Å². The van der Waals surface area contributed by atoms with Crippen LogP contribution in [-0.4, -0.2) is 24.5 Å². The molecule has 0 aliphatic heterocycles. The summed E-state index contributed by atoms with van der Waals surface area (Å²) >= 11 is 2.01. The Hall–Kier alpha value is -1.74. The quantitative estimate of drug-likeness (QED) is 0.422. The van der Waals surface area contributed by atoms with Crippen LogP contribution >= 0.6 is 11.8 Å². The predicted molar refractivity (Wildman–Crippen MR) is 106 cm³/mol. The number of hydrogen-bond donors (Lipinski definition) is 0. The van der Waals surface area contributed by atoms with Gasteiger partial charge in [-0.2, -0.15) is 5.10 Å². The van der Waals surface area contributed by atoms with Crippen molar-refractivity contribution in [3.05, 3.63) is 70.3 Å². The number of benzene rings is 2. The molecule has 24 heavy (non-hydrogen) atoms. The molecule has 126 valence electrons. The van der Waals surface area contributed by atoms with Gasteiger partial charge in [0.2, 0.25) is 0 Å². The second kappa shape index (κ2) is 7.02. The van der Waals surface area contributed by atoms with E-state index in [0.29, 0.717) is 0 Å². The minimum Gasteiger partial charge on any atom is -0.280 e. The van der Waals surface area contributed by atoms with E-state index in [1.54, 1.807) is 0 Å². The molecule has 0 fully saturated rings. The van der Waals surface area contributed by atoms with Crippen molar-refractivity contribution in [1.82, 2.24) is 5.01 Å². The Morgan fingerprint density at radius 1 is 1.21 bits per heavy atom. The predicted octanol–water partition coefficient (Wildman–Crippen LogP) is 4.93. The molecule has 1 aliphatic carbocycles. The fourth-order valence-electron chi connectivity index (χ4n) is 3.65. The third kappa shape index (κ3) is 3.10. The fraction of sp³-hybridized carbons (Fsp3) is 0.381. The molecule has 3 heteroatoms. The molecule has 1 atom stereocenters. The molecule has 0 radical (unpaired) electrons. The highest BCUT2D eigenvalue weighted by atomic mass is 32.2. The van der Waals surface area contributed by atoms with E-state index >= 15 is 0 Å². The van der Waals surface area contributed by atoms with Crippen LogP contribution in [-0.2, 0) is 17.7 Å². The molecule has 0 heterocycles. The summed E-state index contributed by atoms with van der Waals surface area (Å²) in [5.41, 5.74) is 7.04. The number of fused-ring (bicyclic) bond motifs is 1. The molecule has 2 aromatic carbocycles. The first-order valence-corrected chi connectivity index (χ1v) is 9.54. The SMILES string of the molecule is C=NN(C)C1(SCCc2cc(C)ccc2C)CCc2ccccc21. The molecule has 0 aromatic heterocycles. The highest BCUT2D eigenvalue weighted by Crippen LogP contribution is 2.49. The third-order valence-electron chi connectivity index (χ3n) is 5.12. The van der Waals surface area contributed by atoms with Crippen LogP contribution in [0.3, 0.4) is 0 Å². The molecule has 0 amide bonds. The van der Waals surface area contributed by atoms with Gasteiger partial charge < -0.3 is 0 Å². The van der Waals surface area contributed by atoms with E-state index in [-0.39, 0.29) is 4.87 Å². The van der Waals surface area contributed by atoms with Gasteiger partial charge in [0.25, 0.3) is 0 Å². The van der Waals surface area contributed by atoms with Crippen LogP contribution < -0.4 is 0 Å². The lowest BCUT2D eigenvalue weighted by Gasteiger charge is -2.37. The molecule has 3 rings (SSSR count). The van der Waals surface area contributed by atoms with Crippen LogP contribution in [0.25, 0.3) is 0 Å². The number of rotatable bonds is 6. The molecule has 2 nitrogen and oxygen atoms in total. The fourth-order valence-corrected chi connectivity index (χ4v) is 5.16. The average molecular weight is 339 g/mol. The highest BCUT2D eigenvalue weighted by molar-refractivity contribution is 8.00. The number of thioether (sulfide) groups is 1. The molecule has 0 N–H and O–H groups in total. The molecular weight excluding hydrogens is 312 g/mol. The van der Waals surface area contributed by atoms with Gasteiger partial charge in [-0.3, -0.25) is 5.01 Å². The van der Waals surface area contributed by atoms with Crippen molar-refractivity contribution in [2.75, 3.05) is 12.8 Å². The standard InChI is InChI=1S/C21H26N2S/c1-16-9-10-17(2)19(15-16)12-14-24-21(23(4)22-3)13-11-18-7-5-6-8-20(18)21/h5-10,15H,3,11-14H2,1-2,4H3. The van der Waals surface area contributed by atoms with Gasteiger partial charge in [-0.1, -0.05) is 48.0 Å². The molecule has 2 aromatic rings. The van der Waals surface area contributed by atoms with E-state index in [9.17, 15) is 0 Å². The minimum atomic E-state index is -0.0733. The summed E-state index contributed by atoms with van der Waals surface area (Å²) in [6, 6.07) is 15.5. The van der Waals surface area contributed by atoms with Crippen molar-refractivity contribution in [2.45, 2.75) is 38.0 Å². The number of hydrazone groups is 1. The first kappa shape index (κ1) is 17.1. The van der Waals surface area contributed by atoms with Crippen molar-refractivity contribution in [3.8, 4) is 0 Å². The Kier molecular flexibility index (Phi) is 5.00. The largest absolute Gasteiger partial charge is 0.280 e. The summed E-state index contributed by atoms with van der Waals surface area (Å²) in [6.07, 6.45) is 3.30. The number of nitrogens with zero attached hydrogens (tertiary/aromatic N) is 2. The first-order chi connectivity index (χ1) is 11.6. The molecule has 1 unspecified atom stereocenters. The summed E-state index contributed by atoms with van der Waals surface area (Å²) in [7, 11) is 2.06. The van der Waals surface area contributed by atoms with Gasteiger partial charge in [0.15, 0.2) is 0 Å². The van der Waals surface area contributed by atoms with Crippen LogP contribution in [0.4, 0.5) is 0 Å². The summed E-state index contributed by atoms with van der Waals surface area (Å²) in [4.78, 5) is -0.0733. The molecule has 1 aliphatic rings. The van der Waals surface area contributed by atoms with Crippen molar-refractivity contribution in [2.24, 2.45) is 5.10 Å². The number of hydrogen-bond acceptors (Lipinski definition) is 3. The number of aryl methyl sites for hydroxylation is 4. The monoisotopic (exact) mass is 338 g/mol. The Balaban J connectivity index is 1.80. The maximum Gasteiger partial charge on any atom is 0.128 e. The van der Waals surface area contributed by atoms with Crippen LogP contribution in [0.15, 0.2) is 47.6 Å². The second-order valence-corrected chi connectivity index (χ2v) is 8.01. The maximum atomic E-state index is 4.26. The van der Waals surface area contributed by atoms with Gasteiger partial charge >= 0.3 is 0 Å². The Morgan fingerprint density at radius 3 is 2.79 bits per heavy atom. The Bertz CT molecular complexity index is 740. The van der Waals surface area contributed by atoms with Gasteiger partial charge in [-0.05, 0) is 55.4 Å². The summed E-state index contributed by atoms with van der Waals surface area (Å²) in [6.45, 7) is 8.15. The minimum absolute atomic E-state index is 0.0733. The normalized spacial score (nSPS) is 19.1. The van der Waals surface area contributed by atoms with Crippen LogP contribution in [0, 0.1) is 13.8 Å². The maximum absolute atomic E-state index is 4.26. The lowest BCUT2D eigenvalue weighted by atomic mass is 10.0. The van der Waals surface area contributed by atoms with Crippen LogP contribution in [0.1, 0.15) is 34.2 Å². The molecule has 0 saturated carbocycles. The van der Waals surface area contributed by atoms with E-state index in [1.807, 2.05) is 11.8 Å². The first-order valence-electron chi connectivity index (χ1n) is 8.56. The zero-order valence-electron chi connectivity index (χ0n) is 14.9. The van der Waals surface area contributed by atoms with E-state index in [1.165, 1.54) is 27.8 Å². The van der Waals surface area contributed by atoms with Crippen molar-refractivity contribution < 1.29 is 0 Å². The summed E-state index contributed by atoms with van der Waals surface area (Å²) in [5, 5.41) is 6.32. The molecular formula is C21H26N2S. The zero-order valence-corrected chi connectivity index (χ0v) is 15.7. The molecule has 0 bridgehead atoms. The lowest BCUT2D eigenvalue weighted by molar-refractivity contribution is 0.222. The van der Waals surface area contributed by atoms with Gasteiger partial charge in [-0.25, -0.2) is 0 Å². The van der Waals surface area contributed by atoms with E-state index < -0.39 is 0 Å². The van der Waals surface area contributed by atoms with Gasteiger partial charge in [-0.15, -0.1) is 11.8 Å². The van der Waals surface area contributed by atoms with Gasteiger partial charge in [0.1, 0.15) is 4.87 Å². The van der Waals surface area contributed by atoms with E-state index in [4.69, 9.17) is 0 Å². The zero-order chi connectivity index (χ0) is 17.2. The van der Waals surface area contributed by atoms with Crippen molar-refractivity contribution in [3.63, 3.8) is 0 Å². The summed E-state index contributed by atoms with van der Waals surface area (Å²) < 4.78 is 0. The summed E-state index contributed by atoms with van der Waals surface area (Å²) in [5.74, 6) is 1.08. The lowest BCUT2D eigenvalue weighted by Crippen LogP contribution is -2.36. The van der Waals surface area contributed by atoms with Gasteiger partial charge in [0, 0.05) is 19.5 Å². The molecule has 0 spiro atoms. The van der Waals surface area contributed by atoms with E-state index in [0.717, 1.165) is 25.0 Å². The Morgan fingerprint density at radius 2 is 2.00 bits per heavy atom. The Labute approximate surface area is 150 Å². The molecule has 0 saturated heterocycles. The van der Waals surface area contributed by atoms with Crippen LogP contribution in [0.5, 0.6) is 0 Å². The van der Waals surface area contributed by atoms with Crippen molar-refractivity contribution in [1.29, 1.82) is 0 Å².